The molecule has 0 atom stereocenters. The second-order valence-electron chi connectivity index (χ2n) is 7.86. The van der Waals surface area contributed by atoms with Gasteiger partial charge < -0.3 is 5.32 Å². The van der Waals surface area contributed by atoms with Gasteiger partial charge in [0.1, 0.15) is 0 Å². The maximum atomic E-state index is 12.7. The van der Waals surface area contributed by atoms with E-state index in [1.807, 2.05) is 31.2 Å². The number of nitrogens with zero attached hydrogens (tertiary/aromatic N) is 2. The van der Waals surface area contributed by atoms with Gasteiger partial charge in [-0.25, -0.2) is 0 Å². The summed E-state index contributed by atoms with van der Waals surface area (Å²) < 4.78 is 38.1. The van der Waals surface area contributed by atoms with E-state index in [-0.39, 0.29) is 5.91 Å². The highest BCUT2D eigenvalue weighted by Crippen LogP contribution is 2.29. The summed E-state index contributed by atoms with van der Waals surface area (Å²) in [5.74, 6) is 0.00626. The molecular weight excluding hydrogens is 391 g/mol. The van der Waals surface area contributed by atoms with Crippen LogP contribution in [0.2, 0.25) is 0 Å². The largest absolute Gasteiger partial charge is 0.416 e. The zero-order chi connectivity index (χ0) is 21.6. The maximum Gasteiger partial charge on any atom is 0.416 e. The average Bonchev–Trinajstić information content (AvgIpc) is 2.92. The van der Waals surface area contributed by atoms with E-state index in [1.54, 1.807) is 12.1 Å². The van der Waals surface area contributed by atoms with E-state index in [0.29, 0.717) is 19.6 Å². The highest BCUT2D eigenvalue weighted by molar-refractivity contribution is 5.78. The molecule has 4 nitrogen and oxygen atoms in total. The Morgan fingerprint density at radius 3 is 2.17 bits per heavy atom. The van der Waals surface area contributed by atoms with Crippen LogP contribution in [0.3, 0.4) is 0 Å². The third-order valence-electron chi connectivity index (χ3n) is 5.35. The van der Waals surface area contributed by atoms with Crippen LogP contribution in [0.1, 0.15) is 28.7 Å². The molecule has 1 aliphatic rings. The predicted octanol–water partition coefficient (Wildman–Crippen LogP) is 3.84. The van der Waals surface area contributed by atoms with Crippen molar-refractivity contribution >= 4 is 5.91 Å². The first-order valence-electron chi connectivity index (χ1n) is 10.2. The molecule has 1 saturated heterocycles. The molecule has 1 amide bonds. The number of benzene rings is 2. The van der Waals surface area contributed by atoms with Crippen molar-refractivity contribution in [3.05, 3.63) is 70.8 Å². The van der Waals surface area contributed by atoms with Gasteiger partial charge in [0, 0.05) is 26.2 Å². The second-order valence-corrected chi connectivity index (χ2v) is 7.86. The number of amides is 1. The topological polar surface area (TPSA) is 35.6 Å². The molecule has 162 valence electrons. The van der Waals surface area contributed by atoms with E-state index in [4.69, 9.17) is 0 Å². The van der Waals surface area contributed by atoms with Crippen LogP contribution in [0.4, 0.5) is 13.2 Å². The molecular formula is C23H28F3N3O. The number of aryl methyl sites for hydroxylation is 1. The number of halogens is 3. The molecule has 30 heavy (non-hydrogen) atoms. The van der Waals surface area contributed by atoms with E-state index in [2.05, 4.69) is 15.1 Å². The van der Waals surface area contributed by atoms with Crippen LogP contribution in [0.25, 0.3) is 0 Å². The fourth-order valence-corrected chi connectivity index (χ4v) is 3.56. The molecule has 3 rings (SSSR count). The van der Waals surface area contributed by atoms with Crippen LogP contribution in [0.5, 0.6) is 0 Å². The average molecular weight is 419 g/mol. The Morgan fingerprint density at radius 1 is 0.900 bits per heavy atom. The van der Waals surface area contributed by atoms with Gasteiger partial charge in [-0.3, -0.25) is 14.6 Å². The number of nitrogens with one attached hydrogen (secondary N) is 1. The van der Waals surface area contributed by atoms with Gasteiger partial charge >= 0.3 is 6.18 Å². The summed E-state index contributed by atoms with van der Waals surface area (Å²) in [7, 11) is 0. The number of carbonyl (C=O) groups excluding carboxylic acids is 1. The van der Waals surface area contributed by atoms with Gasteiger partial charge in [0.05, 0.1) is 12.1 Å². The molecule has 1 fully saturated rings. The monoisotopic (exact) mass is 419 g/mol. The Balaban J connectivity index is 1.43. The Bertz CT molecular complexity index is 819. The van der Waals surface area contributed by atoms with E-state index in [9.17, 15) is 18.0 Å². The highest BCUT2D eigenvalue weighted by atomic mass is 19.4. The van der Waals surface area contributed by atoms with Crippen LogP contribution in [0, 0.1) is 6.92 Å². The molecule has 1 N–H and O–H groups in total. The molecule has 0 spiro atoms. The molecule has 0 bridgehead atoms. The van der Waals surface area contributed by atoms with Crippen LogP contribution in [-0.4, -0.2) is 48.4 Å². The SMILES string of the molecule is Cc1ccc(CNC(=O)CN2CCCN(Cc3ccc(C(F)(F)F)cc3)CC2)cc1. The Hall–Kier alpha value is -2.38. The lowest BCUT2D eigenvalue weighted by Gasteiger charge is -2.21. The number of alkyl halides is 3. The van der Waals surface area contributed by atoms with Crippen molar-refractivity contribution in [2.24, 2.45) is 0 Å². The van der Waals surface area contributed by atoms with E-state index >= 15 is 0 Å². The summed E-state index contributed by atoms with van der Waals surface area (Å²) in [4.78, 5) is 16.7. The zero-order valence-corrected chi connectivity index (χ0v) is 17.2. The third-order valence-corrected chi connectivity index (χ3v) is 5.35. The number of hydrogen-bond donors (Lipinski definition) is 1. The fraction of sp³-hybridized carbons (Fsp3) is 0.435. The van der Waals surface area contributed by atoms with Crippen molar-refractivity contribution in [2.45, 2.75) is 32.6 Å². The molecule has 7 heteroatoms. The normalized spacial score (nSPS) is 16.3. The van der Waals surface area contributed by atoms with Crippen LogP contribution in [-0.2, 0) is 24.1 Å². The lowest BCUT2D eigenvalue weighted by atomic mass is 10.1. The maximum absolute atomic E-state index is 12.7. The molecule has 0 radical (unpaired) electrons. The molecule has 0 saturated carbocycles. The van der Waals surface area contributed by atoms with Crippen molar-refractivity contribution in [3.63, 3.8) is 0 Å². The van der Waals surface area contributed by atoms with Crippen molar-refractivity contribution in [1.29, 1.82) is 0 Å². The number of hydrogen-bond acceptors (Lipinski definition) is 3. The van der Waals surface area contributed by atoms with Gasteiger partial charge in [0.2, 0.25) is 5.91 Å². The van der Waals surface area contributed by atoms with Crippen molar-refractivity contribution in [2.75, 3.05) is 32.7 Å². The Morgan fingerprint density at radius 2 is 1.50 bits per heavy atom. The van der Waals surface area contributed by atoms with Crippen LogP contribution < -0.4 is 5.32 Å². The van der Waals surface area contributed by atoms with Crippen molar-refractivity contribution in [1.82, 2.24) is 15.1 Å². The molecule has 0 aliphatic carbocycles. The fourth-order valence-electron chi connectivity index (χ4n) is 3.56. The lowest BCUT2D eigenvalue weighted by Crippen LogP contribution is -2.39. The number of carbonyl (C=O) groups is 1. The first-order chi connectivity index (χ1) is 14.3. The Kier molecular flexibility index (Phi) is 7.50. The Labute approximate surface area is 175 Å². The summed E-state index contributed by atoms with van der Waals surface area (Å²) in [5, 5.41) is 2.97. The molecule has 2 aromatic carbocycles. The summed E-state index contributed by atoms with van der Waals surface area (Å²) in [6, 6.07) is 13.5. The minimum atomic E-state index is -4.30. The molecule has 0 unspecified atom stereocenters. The van der Waals surface area contributed by atoms with Crippen molar-refractivity contribution < 1.29 is 18.0 Å². The van der Waals surface area contributed by atoms with Gasteiger partial charge in [0.25, 0.3) is 0 Å². The van der Waals surface area contributed by atoms with E-state index < -0.39 is 11.7 Å². The van der Waals surface area contributed by atoms with E-state index in [1.165, 1.54) is 5.56 Å². The van der Waals surface area contributed by atoms with Gasteiger partial charge in [-0.1, -0.05) is 42.0 Å². The zero-order valence-electron chi connectivity index (χ0n) is 17.2. The quantitative estimate of drug-likeness (QED) is 0.773. The number of rotatable bonds is 6. The lowest BCUT2D eigenvalue weighted by molar-refractivity contribution is -0.137. The first kappa shape index (κ1) is 22.3. The van der Waals surface area contributed by atoms with Crippen molar-refractivity contribution in [3.8, 4) is 0 Å². The van der Waals surface area contributed by atoms with Crippen LogP contribution in [0.15, 0.2) is 48.5 Å². The smallest absolute Gasteiger partial charge is 0.351 e. The van der Waals surface area contributed by atoms with Gasteiger partial charge in [-0.15, -0.1) is 0 Å². The molecule has 1 aliphatic heterocycles. The third kappa shape index (κ3) is 6.85. The minimum absolute atomic E-state index is 0.00626. The summed E-state index contributed by atoms with van der Waals surface area (Å²) in [5.41, 5.74) is 2.51. The first-order valence-corrected chi connectivity index (χ1v) is 10.2. The summed E-state index contributed by atoms with van der Waals surface area (Å²) in [6.45, 7) is 6.77. The summed E-state index contributed by atoms with van der Waals surface area (Å²) in [6.07, 6.45) is -3.38. The van der Waals surface area contributed by atoms with Gasteiger partial charge in [-0.2, -0.15) is 13.2 Å². The predicted molar refractivity (Wildman–Crippen MR) is 111 cm³/mol. The summed E-state index contributed by atoms with van der Waals surface area (Å²) >= 11 is 0. The van der Waals surface area contributed by atoms with E-state index in [0.717, 1.165) is 55.9 Å². The second kappa shape index (κ2) is 10.1. The van der Waals surface area contributed by atoms with Gasteiger partial charge in [-0.05, 0) is 49.7 Å². The van der Waals surface area contributed by atoms with Crippen LogP contribution >= 0.6 is 0 Å². The van der Waals surface area contributed by atoms with Gasteiger partial charge in [0.15, 0.2) is 0 Å². The standard InChI is InChI=1S/C23H28F3N3O/c1-18-3-5-19(6-4-18)15-27-22(30)17-29-12-2-11-28(13-14-29)16-20-7-9-21(10-8-20)23(24,25)26/h3-10H,2,11-17H2,1H3,(H,27,30). The molecule has 0 aromatic heterocycles. The minimum Gasteiger partial charge on any atom is -0.351 e. The molecule has 2 aromatic rings. The molecule has 1 heterocycles. The highest BCUT2D eigenvalue weighted by Gasteiger charge is 2.30.